The lowest BCUT2D eigenvalue weighted by Crippen LogP contribution is -2.38. The van der Waals surface area contributed by atoms with Crippen molar-refractivity contribution in [3.05, 3.63) is 69.4 Å². The number of carbonyl (C=O) groups is 2. The van der Waals surface area contributed by atoms with E-state index in [9.17, 15) is 14.0 Å². The Hall–Kier alpha value is -2.42. The molecule has 5 nitrogen and oxygen atoms in total. The van der Waals surface area contributed by atoms with Gasteiger partial charge in [-0.25, -0.2) is 9.37 Å². The molecule has 0 aliphatic carbocycles. The first-order valence-corrected chi connectivity index (χ1v) is 13.2. The summed E-state index contributed by atoms with van der Waals surface area (Å²) in [5.74, 6) is 0.192. The van der Waals surface area contributed by atoms with Crippen molar-refractivity contribution < 1.29 is 14.0 Å². The van der Waals surface area contributed by atoms with Gasteiger partial charge in [0.1, 0.15) is 11.5 Å². The van der Waals surface area contributed by atoms with Crippen molar-refractivity contribution in [1.82, 2.24) is 9.88 Å². The third kappa shape index (κ3) is 5.75. The van der Waals surface area contributed by atoms with Crippen LogP contribution in [0.3, 0.4) is 0 Å². The molecule has 4 rings (SSSR count). The molecule has 9 heteroatoms. The number of hydrogen-bond donors (Lipinski definition) is 1. The number of piperidine rings is 1. The van der Waals surface area contributed by atoms with Gasteiger partial charge in [0.25, 0.3) is 5.91 Å². The lowest BCUT2D eigenvalue weighted by atomic mass is 9.97. The molecule has 1 fully saturated rings. The Morgan fingerprint density at radius 2 is 1.94 bits per heavy atom. The minimum atomic E-state index is -0.392. The van der Waals surface area contributed by atoms with Gasteiger partial charge in [-0.15, -0.1) is 11.3 Å². The minimum Gasteiger partial charge on any atom is -0.342 e. The van der Waals surface area contributed by atoms with Crippen molar-refractivity contribution in [3.63, 3.8) is 0 Å². The van der Waals surface area contributed by atoms with Gasteiger partial charge in [0.15, 0.2) is 0 Å². The Labute approximate surface area is 205 Å². The number of nitrogens with one attached hydrogen (secondary N) is 1. The highest BCUT2D eigenvalue weighted by molar-refractivity contribution is 7.99. The fraction of sp³-hybridized carbons (Fsp3) is 0.292. The highest BCUT2D eigenvalue weighted by atomic mass is 35.5. The molecule has 0 saturated carbocycles. The molecule has 3 aromatic rings. The normalized spacial score (nSPS) is 14.3. The van der Waals surface area contributed by atoms with E-state index in [0.717, 1.165) is 23.4 Å². The molecule has 0 spiro atoms. The summed E-state index contributed by atoms with van der Waals surface area (Å²) in [5, 5.41) is 6.11. The van der Waals surface area contributed by atoms with Crippen LogP contribution < -0.4 is 5.32 Å². The standard InChI is InChI=1S/C24H23ClFN3O2S2/c1-32-14-22(30)29-10-8-16(9-11-29)24-28-21(13-33-24)23(31)27-20-7-6-18(26)12-19(20)15-2-4-17(25)5-3-15/h2-7,12-13,16H,8-11,14H2,1H3,(H,27,31). The zero-order valence-corrected chi connectivity index (χ0v) is 20.4. The number of aromatic nitrogens is 1. The quantitative estimate of drug-likeness (QED) is 0.453. The van der Waals surface area contributed by atoms with E-state index in [4.69, 9.17) is 11.6 Å². The lowest BCUT2D eigenvalue weighted by molar-refractivity contribution is -0.129. The van der Waals surface area contributed by atoms with E-state index < -0.39 is 5.82 Å². The molecular weight excluding hydrogens is 481 g/mol. The molecule has 1 aromatic heterocycles. The van der Waals surface area contributed by atoms with Crippen molar-refractivity contribution >= 4 is 52.2 Å². The average Bonchev–Trinajstić information content (AvgIpc) is 3.32. The number of anilines is 1. The highest BCUT2D eigenvalue weighted by Crippen LogP contribution is 2.32. The van der Waals surface area contributed by atoms with E-state index in [1.807, 2.05) is 11.2 Å². The van der Waals surface area contributed by atoms with Gasteiger partial charge in [-0.1, -0.05) is 23.7 Å². The van der Waals surface area contributed by atoms with Gasteiger partial charge >= 0.3 is 0 Å². The molecule has 1 N–H and O–H groups in total. The largest absolute Gasteiger partial charge is 0.342 e. The summed E-state index contributed by atoms with van der Waals surface area (Å²) in [7, 11) is 0. The van der Waals surface area contributed by atoms with E-state index in [1.165, 1.54) is 35.2 Å². The molecule has 0 bridgehead atoms. The van der Waals surface area contributed by atoms with Gasteiger partial charge < -0.3 is 10.2 Å². The van der Waals surface area contributed by atoms with Crippen LogP contribution in [0.2, 0.25) is 5.02 Å². The lowest BCUT2D eigenvalue weighted by Gasteiger charge is -2.31. The van der Waals surface area contributed by atoms with E-state index in [0.29, 0.717) is 40.8 Å². The maximum Gasteiger partial charge on any atom is 0.275 e. The van der Waals surface area contributed by atoms with Gasteiger partial charge in [-0.3, -0.25) is 9.59 Å². The Morgan fingerprint density at radius 3 is 2.64 bits per heavy atom. The van der Waals surface area contributed by atoms with Crippen molar-refractivity contribution in [2.75, 3.05) is 30.4 Å². The number of benzene rings is 2. The zero-order valence-electron chi connectivity index (χ0n) is 18.0. The summed E-state index contributed by atoms with van der Waals surface area (Å²) in [4.78, 5) is 31.5. The van der Waals surface area contributed by atoms with Crippen LogP contribution in [0.1, 0.15) is 34.3 Å². The number of carbonyl (C=O) groups excluding carboxylic acids is 2. The third-order valence-corrected chi connectivity index (χ3v) is 7.40. The predicted molar refractivity (Wildman–Crippen MR) is 134 cm³/mol. The molecule has 2 aromatic carbocycles. The molecule has 33 heavy (non-hydrogen) atoms. The van der Waals surface area contributed by atoms with Gasteiger partial charge in [0, 0.05) is 40.7 Å². The molecule has 1 aliphatic rings. The van der Waals surface area contributed by atoms with Crippen LogP contribution in [0.15, 0.2) is 47.8 Å². The number of rotatable bonds is 6. The monoisotopic (exact) mass is 503 g/mol. The van der Waals surface area contributed by atoms with Gasteiger partial charge in [-0.05, 0) is 55.0 Å². The molecule has 1 aliphatic heterocycles. The third-order valence-electron chi connectivity index (χ3n) is 5.60. The maximum atomic E-state index is 13.9. The van der Waals surface area contributed by atoms with Crippen LogP contribution in [0.5, 0.6) is 0 Å². The number of nitrogens with zero attached hydrogens (tertiary/aromatic N) is 2. The first kappa shape index (κ1) is 23.7. The molecular formula is C24H23ClFN3O2S2. The van der Waals surface area contributed by atoms with E-state index >= 15 is 0 Å². The fourth-order valence-corrected chi connectivity index (χ4v) is 5.38. The Kier molecular flexibility index (Phi) is 7.67. The smallest absolute Gasteiger partial charge is 0.275 e. The van der Waals surface area contributed by atoms with Crippen LogP contribution >= 0.6 is 34.7 Å². The fourth-order valence-electron chi connectivity index (χ4n) is 3.85. The Balaban J connectivity index is 1.45. The van der Waals surface area contributed by atoms with Crippen LogP contribution in [0, 0.1) is 5.82 Å². The predicted octanol–water partition coefficient (Wildman–Crippen LogP) is 5.92. The summed E-state index contributed by atoms with van der Waals surface area (Å²) in [6.45, 7) is 1.43. The van der Waals surface area contributed by atoms with Crippen molar-refractivity contribution in [1.29, 1.82) is 0 Å². The summed E-state index contributed by atoms with van der Waals surface area (Å²) in [6.07, 6.45) is 3.61. The number of thioether (sulfide) groups is 1. The van der Waals surface area contributed by atoms with Gasteiger partial charge in [-0.2, -0.15) is 11.8 Å². The van der Waals surface area contributed by atoms with Crippen LogP contribution in [0.4, 0.5) is 10.1 Å². The number of halogens is 2. The topological polar surface area (TPSA) is 62.3 Å². The van der Waals surface area contributed by atoms with E-state index in [1.54, 1.807) is 35.7 Å². The first-order chi connectivity index (χ1) is 15.9. The van der Waals surface area contributed by atoms with E-state index in [2.05, 4.69) is 10.3 Å². The summed E-state index contributed by atoms with van der Waals surface area (Å²) >= 11 is 8.97. The van der Waals surface area contributed by atoms with Crippen LogP contribution in [-0.2, 0) is 4.79 Å². The van der Waals surface area contributed by atoms with Crippen molar-refractivity contribution in [2.45, 2.75) is 18.8 Å². The number of amides is 2. The molecule has 2 amide bonds. The van der Waals surface area contributed by atoms with Crippen LogP contribution in [-0.4, -0.2) is 46.8 Å². The molecule has 1 saturated heterocycles. The molecule has 0 unspecified atom stereocenters. The second-order valence-electron chi connectivity index (χ2n) is 7.81. The number of hydrogen-bond acceptors (Lipinski definition) is 5. The SMILES string of the molecule is CSCC(=O)N1CCC(c2nc(C(=O)Nc3ccc(F)cc3-c3ccc(Cl)cc3)cs2)CC1. The van der Waals surface area contributed by atoms with Gasteiger partial charge in [0.05, 0.1) is 10.8 Å². The minimum absolute atomic E-state index is 0.177. The van der Waals surface area contributed by atoms with Crippen molar-refractivity contribution in [2.24, 2.45) is 0 Å². The van der Waals surface area contributed by atoms with Crippen LogP contribution in [0.25, 0.3) is 11.1 Å². The summed E-state index contributed by atoms with van der Waals surface area (Å²) in [5.41, 5.74) is 2.15. The van der Waals surface area contributed by atoms with Crippen molar-refractivity contribution in [3.8, 4) is 11.1 Å². The second kappa shape index (κ2) is 10.7. The molecule has 2 heterocycles. The number of likely N-dealkylation sites (tertiary alicyclic amines) is 1. The van der Waals surface area contributed by atoms with E-state index in [-0.39, 0.29) is 17.7 Å². The molecule has 0 radical (unpaired) electrons. The average molecular weight is 504 g/mol. The molecule has 0 atom stereocenters. The first-order valence-electron chi connectivity index (χ1n) is 10.5. The maximum absolute atomic E-state index is 13.9. The Bertz CT molecular complexity index is 1140. The summed E-state index contributed by atoms with van der Waals surface area (Å²) < 4.78 is 13.9. The second-order valence-corrected chi connectivity index (χ2v) is 10.0. The zero-order chi connectivity index (χ0) is 23.4. The summed E-state index contributed by atoms with van der Waals surface area (Å²) in [6, 6.07) is 11.3. The van der Waals surface area contributed by atoms with Gasteiger partial charge in [0.2, 0.25) is 5.91 Å². The Morgan fingerprint density at radius 1 is 1.21 bits per heavy atom. The highest BCUT2D eigenvalue weighted by Gasteiger charge is 2.26. The number of thiazole rings is 1. The molecule has 172 valence electrons.